The van der Waals surface area contributed by atoms with E-state index in [1.165, 1.54) is 6.07 Å². The molecule has 4 nitrogen and oxygen atoms in total. The molecule has 2 rings (SSSR count). The van der Waals surface area contributed by atoms with E-state index >= 15 is 0 Å². The van der Waals surface area contributed by atoms with Crippen LogP contribution in [0.5, 0.6) is 0 Å². The van der Waals surface area contributed by atoms with Gasteiger partial charge in [0.2, 0.25) is 5.91 Å². The number of rotatable bonds is 3. The van der Waals surface area contributed by atoms with Crippen molar-refractivity contribution in [2.75, 3.05) is 5.32 Å². The summed E-state index contributed by atoms with van der Waals surface area (Å²) in [6.07, 6.45) is -8.85. The monoisotopic (exact) mass is 364 g/mol. The zero-order valence-corrected chi connectivity index (χ0v) is 12.3. The van der Waals surface area contributed by atoms with E-state index in [4.69, 9.17) is 0 Å². The second-order valence-electron chi connectivity index (χ2n) is 5.01. The van der Waals surface area contributed by atoms with Gasteiger partial charge in [-0.05, 0) is 24.3 Å². The zero-order valence-electron chi connectivity index (χ0n) is 12.3. The molecule has 2 aromatic rings. The van der Waals surface area contributed by atoms with Crippen LogP contribution in [0.25, 0.3) is 0 Å². The molecule has 1 N–H and O–H groups in total. The fourth-order valence-electron chi connectivity index (χ4n) is 1.95. The molecule has 0 radical (unpaired) electrons. The van der Waals surface area contributed by atoms with Crippen LogP contribution < -0.4 is 10.9 Å². The maximum atomic E-state index is 12.6. The van der Waals surface area contributed by atoms with Crippen molar-refractivity contribution in [1.82, 2.24) is 4.57 Å². The predicted molar refractivity (Wildman–Crippen MR) is 75.8 cm³/mol. The Balaban J connectivity index is 2.17. The molecule has 0 bridgehead atoms. The van der Waals surface area contributed by atoms with Gasteiger partial charge in [0, 0.05) is 18.0 Å². The van der Waals surface area contributed by atoms with Crippen molar-refractivity contribution in [1.29, 1.82) is 0 Å². The van der Waals surface area contributed by atoms with Crippen LogP contribution in [0, 0.1) is 0 Å². The van der Waals surface area contributed by atoms with Gasteiger partial charge in [-0.15, -0.1) is 0 Å². The molecule has 0 spiro atoms. The number of nitrogens with one attached hydrogen (secondary N) is 1. The summed E-state index contributed by atoms with van der Waals surface area (Å²) in [5.41, 5.74) is -3.17. The van der Waals surface area contributed by atoms with Crippen LogP contribution in [0.4, 0.5) is 32.0 Å². The van der Waals surface area contributed by atoms with Gasteiger partial charge in [-0.25, -0.2) is 0 Å². The minimum Gasteiger partial charge on any atom is -0.325 e. The first kappa shape index (κ1) is 18.6. The van der Waals surface area contributed by atoms with Crippen LogP contribution >= 0.6 is 0 Å². The standard InChI is InChI=1S/C15H10F6N2O2/c16-14(17,18)9-2-1-3-11(6-9)22-12(24)8-23-7-10(15(19,20)21)4-5-13(23)25/h1-7H,8H2,(H,22,24). The lowest BCUT2D eigenvalue weighted by molar-refractivity contribution is -0.138. The molecule has 1 heterocycles. The number of anilines is 1. The van der Waals surface area contributed by atoms with Gasteiger partial charge >= 0.3 is 12.4 Å². The number of nitrogens with zero attached hydrogens (tertiary/aromatic N) is 1. The maximum absolute atomic E-state index is 12.6. The Hall–Kier alpha value is -2.78. The molecule has 0 saturated carbocycles. The van der Waals surface area contributed by atoms with E-state index in [9.17, 15) is 35.9 Å². The van der Waals surface area contributed by atoms with Crippen LogP contribution in [0.3, 0.4) is 0 Å². The topological polar surface area (TPSA) is 51.1 Å². The molecular formula is C15H10F6N2O2. The zero-order chi connectivity index (χ0) is 18.8. The van der Waals surface area contributed by atoms with Gasteiger partial charge in [0.05, 0.1) is 11.1 Å². The van der Waals surface area contributed by atoms with Crippen LogP contribution in [0.15, 0.2) is 47.4 Å². The van der Waals surface area contributed by atoms with Gasteiger partial charge in [0.1, 0.15) is 6.54 Å². The number of hydrogen-bond acceptors (Lipinski definition) is 2. The Morgan fingerprint density at radius 2 is 1.60 bits per heavy atom. The van der Waals surface area contributed by atoms with Crippen molar-refractivity contribution in [2.45, 2.75) is 18.9 Å². The predicted octanol–water partition coefficient (Wildman–Crippen LogP) is 3.52. The van der Waals surface area contributed by atoms with E-state index in [1.54, 1.807) is 0 Å². The second-order valence-corrected chi connectivity index (χ2v) is 5.01. The SMILES string of the molecule is O=C(Cn1cc(C(F)(F)F)ccc1=O)Nc1cccc(C(F)(F)F)c1. The summed E-state index contributed by atoms with van der Waals surface area (Å²) in [5.74, 6) is -0.944. The lowest BCUT2D eigenvalue weighted by Gasteiger charge is -2.12. The van der Waals surface area contributed by atoms with E-state index in [-0.39, 0.29) is 5.69 Å². The van der Waals surface area contributed by atoms with E-state index in [1.807, 2.05) is 0 Å². The fourth-order valence-corrected chi connectivity index (χ4v) is 1.95. The van der Waals surface area contributed by atoms with Crippen molar-refractivity contribution in [2.24, 2.45) is 0 Å². The molecule has 25 heavy (non-hydrogen) atoms. The molecule has 134 valence electrons. The minimum absolute atomic E-state index is 0.195. The lowest BCUT2D eigenvalue weighted by atomic mass is 10.2. The maximum Gasteiger partial charge on any atom is 0.417 e. The van der Waals surface area contributed by atoms with Crippen LogP contribution in [0.1, 0.15) is 11.1 Å². The van der Waals surface area contributed by atoms with Crippen molar-refractivity contribution in [3.63, 3.8) is 0 Å². The summed E-state index contributed by atoms with van der Waals surface area (Å²) in [4.78, 5) is 23.4. The largest absolute Gasteiger partial charge is 0.417 e. The number of aromatic nitrogens is 1. The number of amides is 1. The summed E-state index contributed by atoms with van der Waals surface area (Å²) in [5, 5.41) is 2.11. The van der Waals surface area contributed by atoms with Crippen LogP contribution in [0.2, 0.25) is 0 Å². The van der Waals surface area contributed by atoms with Crippen LogP contribution in [-0.4, -0.2) is 10.5 Å². The molecule has 1 aromatic heterocycles. The first-order valence-electron chi connectivity index (χ1n) is 6.71. The molecule has 10 heteroatoms. The highest BCUT2D eigenvalue weighted by atomic mass is 19.4. The van der Waals surface area contributed by atoms with Crippen molar-refractivity contribution >= 4 is 11.6 Å². The summed E-state index contributed by atoms with van der Waals surface area (Å²) in [6, 6.07) is 4.95. The molecule has 0 unspecified atom stereocenters. The molecule has 0 aliphatic rings. The Morgan fingerprint density at radius 3 is 2.20 bits per heavy atom. The van der Waals surface area contributed by atoms with Gasteiger partial charge in [-0.2, -0.15) is 26.3 Å². The summed E-state index contributed by atoms with van der Waals surface area (Å²) in [6.45, 7) is -0.779. The van der Waals surface area contributed by atoms with Gasteiger partial charge in [0.25, 0.3) is 5.56 Å². The summed E-state index contributed by atoms with van der Waals surface area (Å²) < 4.78 is 76.2. The normalized spacial score (nSPS) is 12.1. The van der Waals surface area contributed by atoms with E-state index < -0.39 is 41.5 Å². The molecule has 0 fully saturated rings. The van der Waals surface area contributed by atoms with Gasteiger partial charge in [-0.3, -0.25) is 9.59 Å². The molecule has 1 aromatic carbocycles. The van der Waals surface area contributed by atoms with Gasteiger partial charge in [-0.1, -0.05) is 6.07 Å². The second kappa shape index (κ2) is 6.61. The Labute approximate surface area is 136 Å². The number of pyridine rings is 1. The van der Waals surface area contributed by atoms with Crippen molar-refractivity contribution < 1.29 is 31.1 Å². The first-order chi connectivity index (χ1) is 11.5. The van der Waals surface area contributed by atoms with E-state index in [0.29, 0.717) is 29.0 Å². The number of alkyl halides is 6. The highest BCUT2D eigenvalue weighted by Gasteiger charge is 2.31. The molecule has 0 saturated heterocycles. The molecular weight excluding hydrogens is 354 g/mol. The lowest BCUT2D eigenvalue weighted by Crippen LogP contribution is -2.28. The third-order valence-electron chi connectivity index (χ3n) is 3.10. The summed E-state index contributed by atoms with van der Waals surface area (Å²) in [7, 11) is 0. The highest BCUT2D eigenvalue weighted by molar-refractivity contribution is 5.90. The van der Waals surface area contributed by atoms with E-state index in [2.05, 4.69) is 5.32 Å². The van der Waals surface area contributed by atoms with Crippen molar-refractivity contribution in [3.05, 3.63) is 64.1 Å². The molecule has 1 amide bonds. The quantitative estimate of drug-likeness (QED) is 0.848. The highest BCUT2D eigenvalue weighted by Crippen LogP contribution is 2.30. The Kier molecular flexibility index (Phi) is 4.91. The van der Waals surface area contributed by atoms with Crippen LogP contribution in [-0.2, 0) is 23.7 Å². The first-order valence-corrected chi connectivity index (χ1v) is 6.71. The number of hydrogen-bond donors (Lipinski definition) is 1. The van der Waals surface area contributed by atoms with Crippen molar-refractivity contribution in [3.8, 4) is 0 Å². The average molecular weight is 364 g/mol. The summed E-state index contributed by atoms with van der Waals surface area (Å²) >= 11 is 0. The third kappa shape index (κ3) is 4.85. The molecule has 0 atom stereocenters. The Bertz CT molecular complexity index is 839. The Morgan fingerprint density at radius 1 is 0.960 bits per heavy atom. The molecule has 0 aliphatic carbocycles. The number of carbonyl (C=O) groups excluding carboxylic acids is 1. The minimum atomic E-state index is -4.70. The van der Waals surface area contributed by atoms with E-state index in [0.717, 1.165) is 12.1 Å². The average Bonchev–Trinajstić information content (AvgIpc) is 2.47. The number of halogens is 6. The number of carbonyl (C=O) groups is 1. The smallest absolute Gasteiger partial charge is 0.325 e. The third-order valence-corrected chi connectivity index (χ3v) is 3.10. The van der Waals surface area contributed by atoms with Gasteiger partial charge < -0.3 is 9.88 Å². The fraction of sp³-hybridized carbons (Fsp3) is 0.200. The van der Waals surface area contributed by atoms with Gasteiger partial charge in [0.15, 0.2) is 0 Å². The number of benzene rings is 1. The molecule has 0 aliphatic heterocycles.